The van der Waals surface area contributed by atoms with E-state index in [-0.39, 0.29) is 6.61 Å². The molecule has 0 aliphatic carbocycles. The van der Waals surface area contributed by atoms with Crippen molar-refractivity contribution in [2.75, 3.05) is 26.4 Å². The molecule has 0 aromatic carbocycles. The van der Waals surface area contributed by atoms with Crippen molar-refractivity contribution < 1.29 is 64.2 Å². The van der Waals surface area contributed by atoms with Crippen molar-refractivity contribution in [2.24, 2.45) is 0 Å². The van der Waals surface area contributed by atoms with Gasteiger partial charge in [-0.25, -0.2) is 0 Å². The third kappa shape index (κ3) is 9.04. The van der Waals surface area contributed by atoms with Gasteiger partial charge in [-0.2, -0.15) is 0 Å². The molecular weight excluding hydrogens is 496 g/mol. The molecule has 0 amide bonds. The Morgan fingerprint density at radius 3 is 2.08 bits per heavy atom. The molecule has 37 heavy (non-hydrogen) atoms. The van der Waals surface area contributed by atoms with Crippen LogP contribution >= 0.6 is 0 Å². The number of hydrogen-bond donors (Lipinski definition) is 7. The topological polar surface area (TPSA) is 205 Å². The van der Waals surface area contributed by atoms with Crippen molar-refractivity contribution >= 4 is 5.97 Å². The largest absolute Gasteiger partial charge is 0.463 e. The Bertz CT molecular complexity index is 673. The van der Waals surface area contributed by atoms with Crippen molar-refractivity contribution in [1.29, 1.82) is 0 Å². The van der Waals surface area contributed by atoms with Gasteiger partial charge < -0.3 is 59.4 Å². The summed E-state index contributed by atoms with van der Waals surface area (Å²) < 4.78 is 27.4. The number of rotatable bonds is 14. The molecule has 2 aliphatic heterocycles. The highest BCUT2D eigenvalue weighted by atomic mass is 16.7. The normalized spacial score (nSPS) is 36.9. The lowest BCUT2D eigenvalue weighted by atomic mass is 9.93. The second-order valence-electron chi connectivity index (χ2n) is 10.2. The van der Waals surface area contributed by atoms with Gasteiger partial charge in [0.25, 0.3) is 0 Å². The molecule has 218 valence electrons. The molecule has 0 aromatic heterocycles. The average molecular weight is 541 g/mol. The van der Waals surface area contributed by atoms with Gasteiger partial charge in [-0.05, 0) is 20.3 Å². The van der Waals surface area contributed by atoms with Crippen LogP contribution in [0.1, 0.15) is 52.9 Å². The average Bonchev–Trinajstić information content (AvgIpc) is 2.87. The van der Waals surface area contributed by atoms with E-state index in [9.17, 15) is 40.5 Å². The molecule has 2 saturated heterocycles. The maximum absolute atomic E-state index is 12.4. The molecular formula is C24H44O13. The number of esters is 1. The number of carbonyl (C=O) groups is 1. The maximum atomic E-state index is 12.4. The summed E-state index contributed by atoms with van der Waals surface area (Å²) in [7, 11) is 0. The zero-order valence-electron chi connectivity index (χ0n) is 21.7. The molecule has 7 N–H and O–H groups in total. The summed E-state index contributed by atoms with van der Waals surface area (Å²) in [5.74, 6) is -0.705. The van der Waals surface area contributed by atoms with Crippen molar-refractivity contribution in [1.82, 2.24) is 0 Å². The molecule has 13 heteroatoms. The van der Waals surface area contributed by atoms with E-state index in [0.29, 0.717) is 6.61 Å². The van der Waals surface area contributed by atoms with Gasteiger partial charge >= 0.3 is 5.97 Å². The summed E-state index contributed by atoms with van der Waals surface area (Å²) in [6.45, 7) is 4.83. The number of ether oxygens (including phenoxy) is 5. The Labute approximate surface area is 216 Å². The second kappa shape index (κ2) is 15.0. The Morgan fingerprint density at radius 1 is 0.811 bits per heavy atom. The summed E-state index contributed by atoms with van der Waals surface area (Å²) in [6.07, 6.45) is -11.4. The number of aliphatic hydroxyl groups excluding tert-OH is 7. The van der Waals surface area contributed by atoms with Gasteiger partial charge in [-0.15, -0.1) is 0 Å². The minimum absolute atomic E-state index is 0.0305. The number of carbonyl (C=O) groups excluding carboxylic acids is 1. The van der Waals surface area contributed by atoms with E-state index >= 15 is 0 Å². The first-order valence-electron chi connectivity index (χ1n) is 12.8. The van der Waals surface area contributed by atoms with E-state index in [0.717, 1.165) is 25.7 Å². The van der Waals surface area contributed by atoms with Gasteiger partial charge in [0.05, 0.1) is 31.3 Å². The zero-order chi connectivity index (χ0) is 27.8. The summed E-state index contributed by atoms with van der Waals surface area (Å²) >= 11 is 0. The van der Waals surface area contributed by atoms with Crippen molar-refractivity contribution in [2.45, 2.75) is 120 Å². The molecule has 2 rings (SSSR count). The van der Waals surface area contributed by atoms with Crippen LogP contribution in [-0.2, 0) is 28.5 Å². The Balaban J connectivity index is 1.91. The summed E-state index contributed by atoms with van der Waals surface area (Å²) in [4.78, 5) is 12.4. The van der Waals surface area contributed by atoms with Crippen LogP contribution in [0.4, 0.5) is 0 Å². The third-order valence-corrected chi connectivity index (χ3v) is 6.54. The SMILES string of the molecule is CCCCCCOC(C)(C)COC(=O)CC1OC(CO)C(OC2OC(CO)C(O)C(O)C2O)C(O)C1O. The quantitative estimate of drug-likeness (QED) is 0.0938. The fourth-order valence-corrected chi connectivity index (χ4v) is 4.23. The van der Waals surface area contributed by atoms with Crippen LogP contribution in [-0.4, -0.2) is 135 Å². The molecule has 13 nitrogen and oxygen atoms in total. The van der Waals surface area contributed by atoms with Crippen LogP contribution in [0.2, 0.25) is 0 Å². The van der Waals surface area contributed by atoms with E-state index < -0.39 is 92.4 Å². The highest BCUT2D eigenvalue weighted by molar-refractivity contribution is 5.70. The monoisotopic (exact) mass is 540 g/mol. The number of unbranched alkanes of at least 4 members (excludes halogenated alkanes) is 3. The predicted octanol–water partition coefficient (Wildman–Crippen LogP) is -2.04. The van der Waals surface area contributed by atoms with Crippen LogP contribution in [0.5, 0.6) is 0 Å². The molecule has 2 aliphatic rings. The smallest absolute Gasteiger partial charge is 0.308 e. The molecule has 0 bridgehead atoms. The lowest BCUT2D eigenvalue weighted by Crippen LogP contribution is -2.64. The van der Waals surface area contributed by atoms with E-state index in [1.807, 2.05) is 0 Å². The number of aliphatic hydroxyl groups is 7. The van der Waals surface area contributed by atoms with E-state index in [4.69, 9.17) is 23.7 Å². The van der Waals surface area contributed by atoms with Gasteiger partial charge in [0.1, 0.15) is 55.4 Å². The van der Waals surface area contributed by atoms with Crippen LogP contribution in [0.15, 0.2) is 0 Å². The molecule has 0 radical (unpaired) electrons. The predicted molar refractivity (Wildman–Crippen MR) is 126 cm³/mol. The third-order valence-electron chi connectivity index (χ3n) is 6.54. The van der Waals surface area contributed by atoms with Crippen molar-refractivity contribution in [3.05, 3.63) is 0 Å². The van der Waals surface area contributed by atoms with E-state index in [1.54, 1.807) is 13.8 Å². The molecule has 2 heterocycles. The molecule has 10 atom stereocenters. The fourth-order valence-electron chi connectivity index (χ4n) is 4.23. The summed E-state index contributed by atoms with van der Waals surface area (Å²) in [5, 5.41) is 70.4. The van der Waals surface area contributed by atoms with E-state index in [1.165, 1.54) is 0 Å². The first-order valence-corrected chi connectivity index (χ1v) is 12.8. The minimum Gasteiger partial charge on any atom is -0.463 e. The Hall–Kier alpha value is -0.970. The highest BCUT2D eigenvalue weighted by Crippen LogP contribution is 2.30. The second-order valence-corrected chi connectivity index (χ2v) is 10.2. The lowest BCUT2D eigenvalue weighted by molar-refractivity contribution is -0.342. The molecule has 10 unspecified atom stereocenters. The van der Waals surface area contributed by atoms with Gasteiger partial charge in [-0.1, -0.05) is 26.2 Å². The van der Waals surface area contributed by atoms with Crippen molar-refractivity contribution in [3.8, 4) is 0 Å². The van der Waals surface area contributed by atoms with Gasteiger partial charge in [-0.3, -0.25) is 4.79 Å². The first kappa shape index (κ1) is 32.2. The number of hydrogen-bond acceptors (Lipinski definition) is 13. The van der Waals surface area contributed by atoms with Crippen LogP contribution in [0.25, 0.3) is 0 Å². The maximum Gasteiger partial charge on any atom is 0.308 e. The Kier molecular flexibility index (Phi) is 13.1. The van der Waals surface area contributed by atoms with E-state index in [2.05, 4.69) is 6.92 Å². The van der Waals surface area contributed by atoms with Crippen LogP contribution in [0, 0.1) is 0 Å². The van der Waals surface area contributed by atoms with Gasteiger partial charge in [0, 0.05) is 6.61 Å². The molecule has 0 spiro atoms. The van der Waals surface area contributed by atoms with Crippen LogP contribution in [0.3, 0.4) is 0 Å². The lowest BCUT2D eigenvalue weighted by Gasteiger charge is -2.46. The Morgan fingerprint density at radius 2 is 1.46 bits per heavy atom. The zero-order valence-corrected chi connectivity index (χ0v) is 21.7. The molecule has 0 aromatic rings. The fraction of sp³-hybridized carbons (Fsp3) is 0.958. The molecule has 2 fully saturated rings. The van der Waals surface area contributed by atoms with Crippen LogP contribution < -0.4 is 0 Å². The highest BCUT2D eigenvalue weighted by Gasteiger charge is 2.50. The standard InChI is InChI=1S/C24H44O13/c1-4-5-6-7-8-34-24(2,3)12-33-16(27)9-13-17(28)20(31)22(15(11-26)35-13)37-23-21(32)19(30)18(29)14(10-25)36-23/h13-15,17-23,25-26,28-32H,4-12H2,1-3H3. The van der Waals surface area contributed by atoms with Gasteiger partial charge in [0.2, 0.25) is 0 Å². The molecule has 0 saturated carbocycles. The summed E-state index contributed by atoms with van der Waals surface area (Å²) in [5.41, 5.74) is -0.717. The minimum atomic E-state index is -1.76. The van der Waals surface area contributed by atoms with Crippen molar-refractivity contribution in [3.63, 3.8) is 0 Å². The first-order chi connectivity index (χ1) is 17.4. The van der Waals surface area contributed by atoms with Gasteiger partial charge in [0.15, 0.2) is 6.29 Å². The summed E-state index contributed by atoms with van der Waals surface area (Å²) in [6, 6.07) is 0.